The molecule has 1 atom stereocenters. The van der Waals surface area contributed by atoms with Crippen molar-refractivity contribution in [3.8, 4) is 0 Å². The van der Waals surface area contributed by atoms with Crippen LogP contribution in [0.2, 0.25) is 0 Å². The maximum absolute atomic E-state index is 11.8. The van der Waals surface area contributed by atoms with Crippen LogP contribution in [0.1, 0.15) is 24.3 Å². The predicted octanol–water partition coefficient (Wildman–Crippen LogP) is 1.28. The van der Waals surface area contributed by atoms with Crippen molar-refractivity contribution >= 4 is 11.7 Å². The molecule has 1 unspecified atom stereocenters. The number of carbonyl (C=O) groups excluding carboxylic acids is 1. The number of nitrogens with zero attached hydrogens (tertiary/aromatic N) is 1. The molecule has 0 aliphatic heterocycles. The van der Waals surface area contributed by atoms with Gasteiger partial charge in [0.1, 0.15) is 11.5 Å². The summed E-state index contributed by atoms with van der Waals surface area (Å²) in [6.45, 7) is 4.98. The van der Waals surface area contributed by atoms with Crippen LogP contribution in [0, 0.1) is 0 Å². The van der Waals surface area contributed by atoms with Crippen LogP contribution in [-0.2, 0) is 4.74 Å². The lowest BCUT2D eigenvalue weighted by atomic mass is 10.3. The first-order valence-electron chi connectivity index (χ1n) is 5.70. The Labute approximate surface area is 102 Å². The van der Waals surface area contributed by atoms with Crippen molar-refractivity contribution < 1.29 is 9.53 Å². The normalized spacial score (nSPS) is 11.9. The molecule has 5 nitrogen and oxygen atoms in total. The second kappa shape index (κ2) is 6.85. The van der Waals surface area contributed by atoms with Gasteiger partial charge in [-0.15, -0.1) is 0 Å². The van der Waals surface area contributed by atoms with Crippen LogP contribution in [0.3, 0.4) is 0 Å². The van der Waals surface area contributed by atoms with Gasteiger partial charge in [-0.2, -0.15) is 0 Å². The second-order valence-electron chi connectivity index (χ2n) is 3.69. The number of carbonyl (C=O) groups is 1. The lowest BCUT2D eigenvalue weighted by Gasteiger charge is -2.13. The smallest absolute Gasteiger partial charge is 0.270 e. The monoisotopic (exact) mass is 237 g/mol. The largest absolute Gasteiger partial charge is 0.380 e. The van der Waals surface area contributed by atoms with Crippen molar-refractivity contribution in [1.82, 2.24) is 10.3 Å². The number of pyridine rings is 1. The maximum atomic E-state index is 11.8. The van der Waals surface area contributed by atoms with Crippen LogP contribution < -0.4 is 10.6 Å². The number of amides is 1. The van der Waals surface area contributed by atoms with E-state index < -0.39 is 0 Å². The lowest BCUT2D eigenvalue weighted by molar-refractivity contribution is 0.0867. The molecule has 1 aromatic heterocycles. The first-order valence-corrected chi connectivity index (χ1v) is 5.70. The SMILES string of the molecule is CCOCC(C)NC(=O)c1cccc(NC)n1. The van der Waals surface area contributed by atoms with Gasteiger partial charge in [-0.3, -0.25) is 4.79 Å². The molecule has 0 aliphatic rings. The topological polar surface area (TPSA) is 63.2 Å². The van der Waals surface area contributed by atoms with Crippen molar-refractivity contribution in [3.05, 3.63) is 23.9 Å². The zero-order valence-electron chi connectivity index (χ0n) is 10.5. The fourth-order valence-electron chi connectivity index (χ4n) is 1.33. The minimum atomic E-state index is -0.186. The molecule has 0 bridgehead atoms. The van der Waals surface area contributed by atoms with Crippen molar-refractivity contribution in [1.29, 1.82) is 0 Å². The van der Waals surface area contributed by atoms with E-state index in [2.05, 4.69) is 15.6 Å². The molecule has 0 spiro atoms. The number of nitrogens with one attached hydrogen (secondary N) is 2. The number of hydrogen-bond donors (Lipinski definition) is 2. The van der Waals surface area contributed by atoms with Gasteiger partial charge in [0, 0.05) is 19.7 Å². The highest BCUT2D eigenvalue weighted by Gasteiger charge is 2.11. The van der Waals surface area contributed by atoms with E-state index in [0.717, 1.165) is 0 Å². The zero-order chi connectivity index (χ0) is 12.7. The Bertz CT molecular complexity index is 369. The number of rotatable bonds is 6. The molecule has 5 heteroatoms. The average molecular weight is 237 g/mol. The minimum Gasteiger partial charge on any atom is -0.380 e. The van der Waals surface area contributed by atoms with Gasteiger partial charge < -0.3 is 15.4 Å². The predicted molar refractivity (Wildman–Crippen MR) is 67.2 cm³/mol. The fourth-order valence-corrected chi connectivity index (χ4v) is 1.33. The highest BCUT2D eigenvalue weighted by Crippen LogP contribution is 2.03. The molecule has 2 N–H and O–H groups in total. The van der Waals surface area contributed by atoms with Crippen molar-refractivity contribution in [2.24, 2.45) is 0 Å². The Morgan fingerprint density at radius 3 is 2.94 bits per heavy atom. The number of aromatic nitrogens is 1. The summed E-state index contributed by atoms with van der Waals surface area (Å²) < 4.78 is 5.23. The van der Waals surface area contributed by atoms with E-state index in [1.165, 1.54) is 0 Å². The summed E-state index contributed by atoms with van der Waals surface area (Å²) in [4.78, 5) is 16.0. The van der Waals surface area contributed by atoms with Gasteiger partial charge in [-0.1, -0.05) is 6.07 Å². The highest BCUT2D eigenvalue weighted by molar-refractivity contribution is 5.92. The zero-order valence-corrected chi connectivity index (χ0v) is 10.5. The third-order valence-electron chi connectivity index (χ3n) is 2.19. The number of hydrogen-bond acceptors (Lipinski definition) is 4. The van der Waals surface area contributed by atoms with Crippen molar-refractivity contribution in [2.75, 3.05) is 25.6 Å². The summed E-state index contributed by atoms with van der Waals surface area (Å²) in [7, 11) is 1.77. The highest BCUT2D eigenvalue weighted by atomic mass is 16.5. The maximum Gasteiger partial charge on any atom is 0.270 e. The molecule has 0 saturated heterocycles. The molecule has 1 heterocycles. The van der Waals surface area contributed by atoms with E-state index >= 15 is 0 Å². The molecule has 0 aromatic carbocycles. The molecule has 0 fully saturated rings. The van der Waals surface area contributed by atoms with Crippen LogP contribution in [0.4, 0.5) is 5.82 Å². The molecular formula is C12H19N3O2. The van der Waals surface area contributed by atoms with Gasteiger partial charge >= 0.3 is 0 Å². The molecule has 1 aromatic rings. The second-order valence-corrected chi connectivity index (χ2v) is 3.69. The summed E-state index contributed by atoms with van der Waals surface area (Å²) in [5.41, 5.74) is 0.403. The van der Waals surface area contributed by atoms with Gasteiger partial charge in [0.2, 0.25) is 0 Å². The van der Waals surface area contributed by atoms with Gasteiger partial charge in [-0.25, -0.2) is 4.98 Å². The average Bonchev–Trinajstić information content (AvgIpc) is 2.36. The lowest BCUT2D eigenvalue weighted by Crippen LogP contribution is -2.36. The van der Waals surface area contributed by atoms with Crippen LogP contribution in [0.5, 0.6) is 0 Å². The van der Waals surface area contributed by atoms with E-state index in [1.54, 1.807) is 25.2 Å². The van der Waals surface area contributed by atoms with E-state index in [-0.39, 0.29) is 11.9 Å². The first-order chi connectivity index (χ1) is 8.17. The fraction of sp³-hybridized carbons (Fsp3) is 0.500. The van der Waals surface area contributed by atoms with Crippen LogP contribution in [0.15, 0.2) is 18.2 Å². The van der Waals surface area contributed by atoms with Crippen molar-refractivity contribution in [2.45, 2.75) is 19.9 Å². The van der Waals surface area contributed by atoms with E-state index in [0.29, 0.717) is 24.7 Å². The van der Waals surface area contributed by atoms with Gasteiger partial charge in [0.25, 0.3) is 5.91 Å². The summed E-state index contributed by atoms with van der Waals surface area (Å²) >= 11 is 0. The van der Waals surface area contributed by atoms with E-state index in [4.69, 9.17) is 4.74 Å². The Kier molecular flexibility index (Phi) is 5.42. The molecule has 94 valence electrons. The first kappa shape index (κ1) is 13.4. The summed E-state index contributed by atoms with van der Waals surface area (Å²) in [5.74, 6) is 0.490. The third kappa shape index (κ3) is 4.40. The van der Waals surface area contributed by atoms with Gasteiger partial charge in [0.15, 0.2) is 0 Å². The van der Waals surface area contributed by atoms with Crippen LogP contribution >= 0.6 is 0 Å². The van der Waals surface area contributed by atoms with Crippen molar-refractivity contribution in [3.63, 3.8) is 0 Å². The molecule has 0 aliphatic carbocycles. The molecule has 0 radical (unpaired) electrons. The molecule has 1 amide bonds. The summed E-state index contributed by atoms with van der Waals surface area (Å²) in [6, 6.07) is 5.26. The van der Waals surface area contributed by atoms with Gasteiger partial charge in [0.05, 0.1) is 6.61 Å². The quantitative estimate of drug-likeness (QED) is 0.782. The van der Waals surface area contributed by atoms with E-state index in [9.17, 15) is 4.79 Å². The van der Waals surface area contributed by atoms with Gasteiger partial charge in [-0.05, 0) is 26.0 Å². The standard InChI is InChI=1S/C12H19N3O2/c1-4-17-8-9(2)14-12(16)10-6-5-7-11(13-3)15-10/h5-7,9H,4,8H2,1-3H3,(H,13,15)(H,14,16). The Hall–Kier alpha value is -1.62. The minimum absolute atomic E-state index is 0.0255. The Morgan fingerprint density at radius 1 is 1.53 bits per heavy atom. The molecule has 17 heavy (non-hydrogen) atoms. The van der Waals surface area contributed by atoms with Crippen LogP contribution in [0.25, 0.3) is 0 Å². The molecular weight excluding hydrogens is 218 g/mol. The molecule has 1 rings (SSSR count). The summed E-state index contributed by atoms with van der Waals surface area (Å²) in [6.07, 6.45) is 0. The summed E-state index contributed by atoms with van der Waals surface area (Å²) in [5, 5.41) is 5.72. The number of anilines is 1. The Balaban J connectivity index is 2.56. The molecule has 0 saturated carbocycles. The van der Waals surface area contributed by atoms with E-state index in [1.807, 2.05) is 13.8 Å². The number of ether oxygens (including phenoxy) is 1. The van der Waals surface area contributed by atoms with Crippen LogP contribution in [-0.4, -0.2) is 37.2 Å². The third-order valence-corrected chi connectivity index (χ3v) is 2.19. The Morgan fingerprint density at radius 2 is 2.29 bits per heavy atom.